The van der Waals surface area contributed by atoms with Gasteiger partial charge in [0, 0.05) is 18.7 Å². The number of benzene rings is 1. The maximum atomic E-state index is 13.5. The number of hydrogen-bond donors (Lipinski definition) is 2. The molecule has 1 atom stereocenters. The number of nitrogens with one attached hydrogen (secondary N) is 2. The Morgan fingerprint density at radius 2 is 2.35 bits per heavy atom. The van der Waals surface area contributed by atoms with E-state index in [1.165, 1.54) is 18.9 Å². The summed E-state index contributed by atoms with van der Waals surface area (Å²) >= 11 is 0. The van der Waals surface area contributed by atoms with Gasteiger partial charge < -0.3 is 15.4 Å². The number of halogens is 1. The molecule has 1 unspecified atom stereocenters. The second kappa shape index (κ2) is 5.87. The second-order valence-electron chi connectivity index (χ2n) is 4.37. The molecule has 2 rings (SSSR count). The topological polar surface area (TPSA) is 33.3 Å². The lowest BCUT2D eigenvalue weighted by molar-refractivity contribution is 0.410. The number of methoxy groups -OCH3 is 1. The average molecular weight is 238 g/mol. The van der Waals surface area contributed by atoms with Crippen LogP contribution in [0.3, 0.4) is 0 Å². The van der Waals surface area contributed by atoms with Gasteiger partial charge in [-0.2, -0.15) is 0 Å². The Balaban J connectivity index is 1.92. The number of ether oxygens (including phenoxy) is 1. The van der Waals surface area contributed by atoms with E-state index in [1.807, 2.05) is 0 Å². The van der Waals surface area contributed by atoms with E-state index >= 15 is 0 Å². The molecule has 1 saturated heterocycles. The normalized spacial score (nSPS) is 20.0. The highest BCUT2D eigenvalue weighted by Gasteiger charge is 2.13. The highest BCUT2D eigenvalue weighted by Crippen LogP contribution is 2.21. The molecule has 1 heterocycles. The number of rotatable bonds is 4. The van der Waals surface area contributed by atoms with Crippen LogP contribution in [0.1, 0.15) is 19.3 Å². The van der Waals surface area contributed by atoms with Gasteiger partial charge in [-0.25, -0.2) is 4.39 Å². The molecule has 2 N–H and O–H groups in total. The van der Waals surface area contributed by atoms with Crippen LogP contribution < -0.4 is 15.4 Å². The van der Waals surface area contributed by atoms with Gasteiger partial charge in [0.15, 0.2) is 0 Å². The quantitative estimate of drug-likeness (QED) is 0.845. The summed E-state index contributed by atoms with van der Waals surface area (Å²) in [6.07, 6.45) is 3.64. The average Bonchev–Trinajstić information content (AvgIpc) is 2.39. The van der Waals surface area contributed by atoms with E-state index in [0.29, 0.717) is 17.5 Å². The number of piperidine rings is 1. The third-order valence-corrected chi connectivity index (χ3v) is 3.12. The maximum Gasteiger partial charge on any atom is 0.146 e. The lowest BCUT2D eigenvalue weighted by Crippen LogP contribution is -2.39. The summed E-state index contributed by atoms with van der Waals surface area (Å²) in [5, 5.41) is 6.56. The molecule has 0 bridgehead atoms. The van der Waals surface area contributed by atoms with Crippen LogP contribution in [0.25, 0.3) is 0 Å². The Morgan fingerprint density at radius 3 is 3.06 bits per heavy atom. The van der Waals surface area contributed by atoms with E-state index in [-0.39, 0.29) is 5.82 Å². The zero-order valence-corrected chi connectivity index (χ0v) is 10.1. The van der Waals surface area contributed by atoms with Crippen LogP contribution in [0.2, 0.25) is 0 Å². The van der Waals surface area contributed by atoms with Gasteiger partial charge in [-0.3, -0.25) is 0 Å². The van der Waals surface area contributed by atoms with Gasteiger partial charge in [0.1, 0.15) is 11.6 Å². The lowest BCUT2D eigenvalue weighted by atomic mass is 10.1. The Labute approximate surface area is 101 Å². The zero-order valence-electron chi connectivity index (χ0n) is 10.1. The van der Waals surface area contributed by atoms with Crippen molar-refractivity contribution in [1.29, 1.82) is 0 Å². The Hall–Kier alpha value is -1.29. The predicted molar refractivity (Wildman–Crippen MR) is 67.1 cm³/mol. The maximum absolute atomic E-state index is 13.5. The predicted octanol–water partition coefficient (Wildman–Crippen LogP) is 2.39. The van der Waals surface area contributed by atoms with Crippen LogP contribution in [-0.4, -0.2) is 26.2 Å². The molecular weight excluding hydrogens is 219 g/mol. The van der Waals surface area contributed by atoms with Crippen molar-refractivity contribution in [3.63, 3.8) is 0 Å². The Kier molecular flexibility index (Phi) is 4.20. The molecule has 3 nitrogen and oxygen atoms in total. The summed E-state index contributed by atoms with van der Waals surface area (Å²) in [5.41, 5.74) is 0.511. The van der Waals surface area contributed by atoms with Crippen LogP contribution in [0.4, 0.5) is 10.1 Å². The smallest absolute Gasteiger partial charge is 0.146 e. The Bertz CT molecular complexity index is 364. The summed E-state index contributed by atoms with van der Waals surface area (Å²) in [6, 6.07) is 5.18. The fourth-order valence-electron chi connectivity index (χ4n) is 2.10. The van der Waals surface area contributed by atoms with E-state index in [0.717, 1.165) is 19.5 Å². The minimum atomic E-state index is -0.235. The van der Waals surface area contributed by atoms with E-state index in [4.69, 9.17) is 4.74 Å². The molecule has 0 radical (unpaired) electrons. The van der Waals surface area contributed by atoms with Crippen molar-refractivity contribution >= 4 is 5.69 Å². The van der Waals surface area contributed by atoms with Gasteiger partial charge in [-0.15, -0.1) is 0 Å². The fraction of sp³-hybridized carbons (Fsp3) is 0.538. The molecule has 0 aromatic heterocycles. The van der Waals surface area contributed by atoms with Crippen molar-refractivity contribution in [2.45, 2.75) is 25.3 Å². The third-order valence-electron chi connectivity index (χ3n) is 3.12. The SMILES string of the molecule is COc1ccc(F)c(NCC2CCCCN2)c1. The van der Waals surface area contributed by atoms with Crippen LogP contribution in [0.5, 0.6) is 5.75 Å². The zero-order chi connectivity index (χ0) is 12.1. The molecule has 4 heteroatoms. The molecule has 1 aromatic rings. The van der Waals surface area contributed by atoms with Gasteiger partial charge in [0.2, 0.25) is 0 Å². The van der Waals surface area contributed by atoms with E-state index in [9.17, 15) is 4.39 Å². The molecule has 94 valence electrons. The highest BCUT2D eigenvalue weighted by atomic mass is 19.1. The van der Waals surface area contributed by atoms with Gasteiger partial charge >= 0.3 is 0 Å². The number of anilines is 1. The first-order valence-corrected chi connectivity index (χ1v) is 6.10. The largest absolute Gasteiger partial charge is 0.497 e. The minimum absolute atomic E-state index is 0.235. The van der Waals surface area contributed by atoms with Crippen LogP contribution in [0, 0.1) is 5.82 Å². The molecule has 1 aromatic carbocycles. The van der Waals surface area contributed by atoms with Crippen molar-refractivity contribution in [1.82, 2.24) is 5.32 Å². The van der Waals surface area contributed by atoms with E-state index < -0.39 is 0 Å². The summed E-state index contributed by atoms with van der Waals surface area (Å²) in [7, 11) is 1.58. The standard InChI is InChI=1S/C13H19FN2O/c1-17-11-5-6-12(14)13(8-11)16-9-10-4-2-3-7-15-10/h5-6,8,10,15-16H,2-4,7,9H2,1H3. The molecule has 0 saturated carbocycles. The molecule has 1 aliphatic rings. The number of hydrogen-bond acceptors (Lipinski definition) is 3. The fourth-order valence-corrected chi connectivity index (χ4v) is 2.10. The summed E-state index contributed by atoms with van der Waals surface area (Å²) < 4.78 is 18.6. The van der Waals surface area contributed by atoms with Crippen LogP contribution >= 0.6 is 0 Å². The Morgan fingerprint density at radius 1 is 1.47 bits per heavy atom. The van der Waals surface area contributed by atoms with Crippen LogP contribution in [-0.2, 0) is 0 Å². The molecule has 0 amide bonds. The van der Waals surface area contributed by atoms with Crippen molar-refractivity contribution in [2.75, 3.05) is 25.5 Å². The third kappa shape index (κ3) is 3.33. The monoisotopic (exact) mass is 238 g/mol. The second-order valence-corrected chi connectivity index (χ2v) is 4.37. The lowest BCUT2D eigenvalue weighted by Gasteiger charge is -2.24. The molecule has 0 aliphatic carbocycles. The van der Waals surface area contributed by atoms with Crippen molar-refractivity contribution in [2.24, 2.45) is 0 Å². The van der Waals surface area contributed by atoms with Crippen molar-refractivity contribution in [3.05, 3.63) is 24.0 Å². The first-order chi connectivity index (χ1) is 8.29. The van der Waals surface area contributed by atoms with Crippen molar-refractivity contribution < 1.29 is 9.13 Å². The molecule has 0 spiro atoms. The first-order valence-electron chi connectivity index (χ1n) is 6.10. The van der Waals surface area contributed by atoms with E-state index in [1.54, 1.807) is 19.2 Å². The van der Waals surface area contributed by atoms with E-state index in [2.05, 4.69) is 10.6 Å². The summed E-state index contributed by atoms with van der Waals surface area (Å²) in [5.74, 6) is 0.437. The molecule has 1 fully saturated rings. The summed E-state index contributed by atoms with van der Waals surface area (Å²) in [4.78, 5) is 0. The van der Waals surface area contributed by atoms with Gasteiger partial charge in [0.25, 0.3) is 0 Å². The first kappa shape index (κ1) is 12.2. The van der Waals surface area contributed by atoms with Crippen LogP contribution in [0.15, 0.2) is 18.2 Å². The minimum Gasteiger partial charge on any atom is -0.497 e. The van der Waals surface area contributed by atoms with Gasteiger partial charge in [-0.1, -0.05) is 6.42 Å². The van der Waals surface area contributed by atoms with Crippen molar-refractivity contribution in [3.8, 4) is 5.75 Å². The highest BCUT2D eigenvalue weighted by molar-refractivity contribution is 5.49. The molecule has 1 aliphatic heterocycles. The summed E-state index contributed by atoms with van der Waals surface area (Å²) in [6.45, 7) is 1.82. The molecule has 17 heavy (non-hydrogen) atoms. The van der Waals surface area contributed by atoms with Gasteiger partial charge in [0.05, 0.1) is 12.8 Å². The van der Waals surface area contributed by atoms with Gasteiger partial charge in [-0.05, 0) is 31.5 Å². The molecular formula is C13H19FN2O.